The summed E-state index contributed by atoms with van der Waals surface area (Å²) >= 11 is 1.18. The lowest BCUT2D eigenvalue weighted by Crippen LogP contribution is -2.50. The lowest BCUT2D eigenvalue weighted by atomic mass is 10.1. The summed E-state index contributed by atoms with van der Waals surface area (Å²) in [5.74, 6) is -0.646. The number of hydrogen-bond donors (Lipinski definition) is 1. The molecule has 3 aromatic rings. The minimum absolute atomic E-state index is 0.117. The van der Waals surface area contributed by atoms with Crippen LogP contribution >= 0.6 is 11.3 Å². The average Bonchev–Trinajstić information content (AvgIpc) is 3.53. The third-order valence-electron chi connectivity index (χ3n) is 6.56. The molecule has 12 heteroatoms. The van der Waals surface area contributed by atoms with Crippen LogP contribution in [0.4, 0.5) is 25.7 Å². The standard InChI is InChI=1S/C28H30FN5O5S/c1-28(2,3)39-27(37)33-11-9-32(10-12-33)23-8-6-18(29)13-21(23)30-24(35)22-16-40-26(31-22)34-15-17-5-7-19(38-4)14-20(17)25(34)36/h5-8,13-14,16H,9-12,15H2,1-4H3,(H,30,35). The van der Waals surface area contributed by atoms with E-state index >= 15 is 0 Å². The van der Waals surface area contributed by atoms with Crippen LogP contribution in [0.2, 0.25) is 0 Å². The lowest BCUT2D eigenvalue weighted by molar-refractivity contribution is 0.0240. The maximum Gasteiger partial charge on any atom is 0.410 e. The molecule has 5 rings (SSSR count). The number of amides is 3. The van der Waals surface area contributed by atoms with Crippen LogP contribution in [-0.4, -0.2) is 66.7 Å². The van der Waals surface area contributed by atoms with E-state index in [4.69, 9.17) is 9.47 Å². The van der Waals surface area contributed by atoms with Gasteiger partial charge in [0.15, 0.2) is 5.13 Å². The van der Waals surface area contributed by atoms with Crippen molar-refractivity contribution in [3.8, 4) is 5.75 Å². The third kappa shape index (κ3) is 5.71. The number of halogens is 1. The number of hydrogen-bond acceptors (Lipinski definition) is 8. The van der Waals surface area contributed by atoms with Gasteiger partial charge in [-0.25, -0.2) is 14.2 Å². The van der Waals surface area contributed by atoms with Gasteiger partial charge in [-0.3, -0.25) is 14.5 Å². The Kier molecular flexibility index (Phi) is 7.37. The van der Waals surface area contributed by atoms with Crippen molar-refractivity contribution in [3.05, 3.63) is 64.4 Å². The van der Waals surface area contributed by atoms with Crippen LogP contribution in [-0.2, 0) is 11.3 Å². The number of rotatable bonds is 5. The van der Waals surface area contributed by atoms with Gasteiger partial charge in [0.1, 0.15) is 22.9 Å². The zero-order valence-electron chi connectivity index (χ0n) is 22.7. The number of methoxy groups -OCH3 is 1. The van der Waals surface area contributed by atoms with E-state index in [1.165, 1.54) is 28.4 Å². The molecule has 0 bridgehead atoms. The topological polar surface area (TPSA) is 104 Å². The van der Waals surface area contributed by atoms with Crippen molar-refractivity contribution >= 4 is 45.8 Å². The number of benzene rings is 2. The number of fused-ring (bicyclic) bond motifs is 1. The lowest BCUT2D eigenvalue weighted by Gasteiger charge is -2.37. The molecule has 0 spiro atoms. The highest BCUT2D eigenvalue weighted by molar-refractivity contribution is 7.14. The molecule has 10 nitrogen and oxygen atoms in total. The van der Waals surface area contributed by atoms with E-state index in [9.17, 15) is 18.8 Å². The van der Waals surface area contributed by atoms with Crippen molar-refractivity contribution in [3.63, 3.8) is 0 Å². The Balaban J connectivity index is 1.27. The highest BCUT2D eigenvalue weighted by atomic mass is 32.1. The fraction of sp³-hybridized carbons (Fsp3) is 0.357. The van der Waals surface area contributed by atoms with Crippen LogP contribution in [0.15, 0.2) is 41.8 Å². The van der Waals surface area contributed by atoms with Gasteiger partial charge in [0, 0.05) is 37.1 Å². The number of thiazole rings is 1. The molecule has 1 saturated heterocycles. The number of nitrogens with zero attached hydrogens (tertiary/aromatic N) is 4. The molecule has 0 radical (unpaired) electrons. The maximum absolute atomic E-state index is 14.2. The van der Waals surface area contributed by atoms with Crippen LogP contribution in [0.5, 0.6) is 5.75 Å². The van der Waals surface area contributed by atoms with Crippen molar-refractivity contribution in [2.45, 2.75) is 32.9 Å². The predicted octanol–water partition coefficient (Wildman–Crippen LogP) is 4.76. The van der Waals surface area contributed by atoms with Crippen molar-refractivity contribution in [1.82, 2.24) is 9.88 Å². The van der Waals surface area contributed by atoms with Crippen LogP contribution < -0.4 is 19.9 Å². The van der Waals surface area contributed by atoms with Gasteiger partial charge >= 0.3 is 6.09 Å². The smallest absolute Gasteiger partial charge is 0.410 e. The summed E-state index contributed by atoms with van der Waals surface area (Å²) in [6.45, 7) is 7.61. The number of aromatic nitrogens is 1. The molecule has 3 heterocycles. The summed E-state index contributed by atoms with van der Waals surface area (Å²) < 4.78 is 24.9. The van der Waals surface area contributed by atoms with E-state index in [0.29, 0.717) is 60.5 Å². The van der Waals surface area contributed by atoms with Crippen LogP contribution in [0.3, 0.4) is 0 Å². The molecular weight excluding hydrogens is 537 g/mol. The van der Waals surface area contributed by atoms with E-state index in [1.807, 2.05) is 31.7 Å². The van der Waals surface area contributed by atoms with Gasteiger partial charge in [-0.15, -0.1) is 11.3 Å². The second-order valence-corrected chi connectivity index (χ2v) is 11.3. The second-order valence-electron chi connectivity index (χ2n) is 10.5. The van der Waals surface area contributed by atoms with Gasteiger partial charge in [0.25, 0.3) is 11.8 Å². The van der Waals surface area contributed by atoms with E-state index in [0.717, 1.165) is 5.56 Å². The van der Waals surface area contributed by atoms with E-state index < -0.39 is 17.3 Å². The molecular formula is C28H30FN5O5S. The predicted molar refractivity (Wildman–Crippen MR) is 150 cm³/mol. The number of nitrogens with one attached hydrogen (secondary N) is 1. The van der Waals surface area contributed by atoms with Gasteiger partial charge in [-0.05, 0) is 56.7 Å². The van der Waals surface area contributed by atoms with Gasteiger partial charge < -0.3 is 24.6 Å². The van der Waals surface area contributed by atoms with Crippen molar-refractivity contribution in [2.75, 3.05) is 48.4 Å². The molecule has 2 aliphatic heterocycles. The highest BCUT2D eigenvalue weighted by Crippen LogP contribution is 2.33. The fourth-order valence-electron chi connectivity index (χ4n) is 4.58. The number of carbonyl (C=O) groups excluding carboxylic acids is 3. The molecule has 0 aliphatic carbocycles. The van der Waals surface area contributed by atoms with Gasteiger partial charge in [-0.1, -0.05) is 6.07 Å². The van der Waals surface area contributed by atoms with Crippen LogP contribution in [0.1, 0.15) is 47.2 Å². The highest BCUT2D eigenvalue weighted by Gasteiger charge is 2.32. The summed E-state index contributed by atoms with van der Waals surface area (Å²) in [7, 11) is 1.54. The largest absolute Gasteiger partial charge is 0.497 e. The Morgan fingerprint density at radius 1 is 1.07 bits per heavy atom. The maximum atomic E-state index is 14.2. The molecule has 40 heavy (non-hydrogen) atoms. The van der Waals surface area contributed by atoms with Crippen LogP contribution in [0.25, 0.3) is 0 Å². The summed E-state index contributed by atoms with van der Waals surface area (Å²) in [6.07, 6.45) is -0.377. The van der Waals surface area contributed by atoms with Gasteiger partial charge in [0.2, 0.25) is 0 Å². The molecule has 1 N–H and O–H groups in total. The monoisotopic (exact) mass is 567 g/mol. The minimum Gasteiger partial charge on any atom is -0.497 e. The first-order chi connectivity index (χ1) is 19.0. The van der Waals surface area contributed by atoms with Gasteiger partial charge in [-0.2, -0.15) is 0 Å². The Bertz CT molecular complexity index is 1460. The Morgan fingerprint density at radius 3 is 2.52 bits per heavy atom. The Morgan fingerprint density at radius 2 is 1.82 bits per heavy atom. The molecule has 2 aromatic carbocycles. The number of anilines is 3. The third-order valence-corrected chi connectivity index (χ3v) is 7.42. The molecule has 0 unspecified atom stereocenters. The van der Waals surface area contributed by atoms with E-state index in [1.54, 1.807) is 35.6 Å². The molecule has 0 atom stereocenters. The van der Waals surface area contributed by atoms with Crippen LogP contribution in [0, 0.1) is 5.82 Å². The molecule has 0 saturated carbocycles. The summed E-state index contributed by atoms with van der Waals surface area (Å²) in [6, 6.07) is 9.52. The van der Waals surface area contributed by atoms with E-state index in [-0.39, 0.29) is 17.7 Å². The molecule has 2 aliphatic rings. The summed E-state index contributed by atoms with van der Waals surface area (Å²) in [5.41, 5.74) is 1.85. The number of piperazine rings is 1. The van der Waals surface area contributed by atoms with Crippen molar-refractivity contribution < 1.29 is 28.2 Å². The second kappa shape index (κ2) is 10.8. The zero-order chi connectivity index (χ0) is 28.6. The first kappa shape index (κ1) is 27.4. The number of ether oxygens (including phenoxy) is 2. The molecule has 1 aromatic heterocycles. The van der Waals surface area contributed by atoms with Gasteiger partial charge in [0.05, 0.1) is 25.0 Å². The van der Waals surface area contributed by atoms with E-state index in [2.05, 4.69) is 10.3 Å². The Labute approximate surface area is 235 Å². The SMILES string of the molecule is COc1ccc2c(c1)C(=O)N(c1nc(C(=O)Nc3cc(F)ccc3N3CCN(C(=O)OC(C)(C)C)CC3)cs1)C2. The molecule has 3 amide bonds. The van der Waals surface area contributed by atoms with Crippen molar-refractivity contribution in [2.24, 2.45) is 0 Å². The van der Waals surface area contributed by atoms with Crippen molar-refractivity contribution in [1.29, 1.82) is 0 Å². The number of carbonyl (C=O) groups is 3. The fourth-order valence-corrected chi connectivity index (χ4v) is 5.38. The molecule has 210 valence electrons. The quantitative estimate of drug-likeness (QED) is 0.474. The zero-order valence-corrected chi connectivity index (χ0v) is 23.5. The molecule has 1 fully saturated rings. The minimum atomic E-state index is -0.586. The normalized spacial score (nSPS) is 15.2. The first-order valence-corrected chi connectivity index (χ1v) is 13.7. The Hall–Kier alpha value is -4.19. The average molecular weight is 568 g/mol. The summed E-state index contributed by atoms with van der Waals surface area (Å²) in [4.78, 5) is 48.1. The first-order valence-electron chi connectivity index (χ1n) is 12.8. The summed E-state index contributed by atoms with van der Waals surface area (Å²) in [5, 5.41) is 4.74.